The maximum Gasteiger partial charge on any atom is 0.116 e. The van der Waals surface area contributed by atoms with E-state index in [9.17, 15) is 5.11 Å². The summed E-state index contributed by atoms with van der Waals surface area (Å²) in [4.78, 5) is 7.49. The monoisotopic (exact) mass is 188 g/mol. The van der Waals surface area contributed by atoms with E-state index in [1.54, 1.807) is 12.1 Å². The van der Waals surface area contributed by atoms with Gasteiger partial charge in [0.25, 0.3) is 0 Å². The van der Waals surface area contributed by atoms with E-state index >= 15 is 0 Å². The predicted molar refractivity (Wildman–Crippen MR) is 55.2 cm³/mol. The molecular weight excluding hydrogens is 176 g/mol. The third kappa shape index (κ3) is 1.48. The molecule has 0 aliphatic rings. The quantitative estimate of drug-likeness (QED) is 0.722. The molecular formula is C11H12N2O. The van der Waals surface area contributed by atoms with Gasteiger partial charge in [-0.1, -0.05) is 12.1 Å². The van der Waals surface area contributed by atoms with E-state index in [4.69, 9.17) is 0 Å². The van der Waals surface area contributed by atoms with Gasteiger partial charge in [0.1, 0.15) is 11.6 Å². The third-order valence-electron chi connectivity index (χ3n) is 2.12. The van der Waals surface area contributed by atoms with Gasteiger partial charge in [0.05, 0.1) is 5.69 Å². The Morgan fingerprint density at radius 2 is 2.07 bits per heavy atom. The second kappa shape index (κ2) is 3.18. The van der Waals surface area contributed by atoms with Crippen molar-refractivity contribution in [2.45, 2.75) is 13.8 Å². The van der Waals surface area contributed by atoms with Gasteiger partial charge in [0.2, 0.25) is 0 Å². The minimum absolute atomic E-state index is 0.266. The van der Waals surface area contributed by atoms with Gasteiger partial charge >= 0.3 is 0 Å². The lowest BCUT2D eigenvalue weighted by Crippen LogP contribution is -1.80. The summed E-state index contributed by atoms with van der Waals surface area (Å²) in [5.41, 5.74) is 2.86. The van der Waals surface area contributed by atoms with Crippen molar-refractivity contribution in [3.8, 4) is 17.0 Å². The first kappa shape index (κ1) is 8.81. The molecule has 0 unspecified atom stereocenters. The van der Waals surface area contributed by atoms with Crippen molar-refractivity contribution >= 4 is 0 Å². The van der Waals surface area contributed by atoms with Crippen LogP contribution in [0.2, 0.25) is 0 Å². The van der Waals surface area contributed by atoms with Crippen LogP contribution in [0.25, 0.3) is 11.3 Å². The zero-order valence-electron chi connectivity index (χ0n) is 8.20. The number of phenols is 1. The molecule has 3 nitrogen and oxygen atoms in total. The molecule has 0 spiro atoms. The summed E-state index contributed by atoms with van der Waals surface area (Å²) in [7, 11) is 0. The molecule has 2 N–H and O–H groups in total. The van der Waals surface area contributed by atoms with Crippen LogP contribution < -0.4 is 0 Å². The number of rotatable bonds is 1. The Morgan fingerprint density at radius 1 is 1.29 bits per heavy atom. The third-order valence-corrected chi connectivity index (χ3v) is 2.12. The minimum atomic E-state index is 0.266. The highest BCUT2D eigenvalue weighted by Gasteiger charge is 2.06. The number of imidazole rings is 1. The van der Waals surface area contributed by atoms with Gasteiger partial charge in [-0.3, -0.25) is 0 Å². The lowest BCUT2D eigenvalue weighted by molar-refractivity contribution is 0.475. The number of H-pyrrole nitrogens is 1. The summed E-state index contributed by atoms with van der Waals surface area (Å²) in [6, 6.07) is 7.11. The fraction of sp³-hybridized carbons (Fsp3) is 0.182. The average Bonchev–Trinajstić information content (AvgIpc) is 2.45. The molecule has 3 heteroatoms. The Kier molecular flexibility index (Phi) is 2.00. The fourth-order valence-corrected chi connectivity index (χ4v) is 1.54. The van der Waals surface area contributed by atoms with Crippen LogP contribution in [0.3, 0.4) is 0 Å². The SMILES string of the molecule is Cc1nc(-c2cccc(O)c2)c(C)[nH]1. The van der Waals surface area contributed by atoms with Gasteiger partial charge in [-0.05, 0) is 26.0 Å². The first-order valence-corrected chi connectivity index (χ1v) is 4.49. The van der Waals surface area contributed by atoms with Gasteiger partial charge in [-0.15, -0.1) is 0 Å². The van der Waals surface area contributed by atoms with Crippen LogP contribution in [0.5, 0.6) is 5.75 Å². The molecule has 1 heterocycles. The second-order valence-corrected chi connectivity index (χ2v) is 3.35. The zero-order chi connectivity index (χ0) is 10.1. The molecule has 0 aliphatic heterocycles. The van der Waals surface area contributed by atoms with Crippen molar-refractivity contribution in [3.05, 3.63) is 35.8 Å². The van der Waals surface area contributed by atoms with Gasteiger partial charge < -0.3 is 10.1 Å². The van der Waals surface area contributed by atoms with Gasteiger partial charge in [-0.25, -0.2) is 4.98 Å². The number of hydrogen-bond donors (Lipinski definition) is 2. The van der Waals surface area contributed by atoms with E-state index in [1.807, 2.05) is 26.0 Å². The zero-order valence-corrected chi connectivity index (χ0v) is 8.20. The van der Waals surface area contributed by atoms with Crippen LogP contribution >= 0.6 is 0 Å². The predicted octanol–water partition coefficient (Wildman–Crippen LogP) is 2.40. The standard InChI is InChI=1S/C11H12N2O/c1-7-11(13-8(2)12-7)9-4-3-5-10(14)6-9/h3-6,14H,1-2H3,(H,12,13). The number of nitrogens with one attached hydrogen (secondary N) is 1. The molecule has 0 saturated heterocycles. The molecule has 0 amide bonds. The summed E-state index contributed by atoms with van der Waals surface area (Å²) < 4.78 is 0. The normalized spacial score (nSPS) is 10.4. The van der Waals surface area contributed by atoms with Crippen LogP contribution in [-0.2, 0) is 0 Å². The topological polar surface area (TPSA) is 48.9 Å². The molecule has 1 aromatic carbocycles. The molecule has 2 rings (SSSR count). The Morgan fingerprint density at radius 3 is 2.64 bits per heavy atom. The van der Waals surface area contributed by atoms with Gasteiger partial charge in [-0.2, -0.15) is 0 Å². The average molecular weight is 188 g/mol. The number of aromatic amines is 1. The first-order chi connectivity index (χ1) is 6.66. The number of aromatic hydroxyl groups is 1. The number of aromatic nitrogens is 2. The molecule has 0 bridgehead atoms. The summed E-state index contributed by atoms with van der Waals surface area (Å²) in [6.45, 7) is 3.89. The summed E-state index contributed by atoms with van der Waals surface area (Å²) in [6.07, 6.45) is 0. The summed E-state index contributed by atoms with van der Waals surface area (Å²) >= 11 is 0. The molecule has 0 saturated carbocycles. The van der Waals surface area contributed by atoms with E-state index in [-0.39, 0.29) is 5.75 Å². The molecule has 0 aliphatic carbocycles. The number of benzene rings is 1. The molecule has 1 aromatic heterocycles. The first-order valence-electron chi connectivity index (χ1n) is 4.49. The number of nitrogens with zero attached hydrogens (tertiary/aromatic N) is 1. The van der Waals surface area contributed by atoms with E-state index in [0.29, 0.717) is 0 Å². The number of hydrogen-bond acceptors (Lipinski definition) is 2. The smallest absolute Gasteiger partial charge is 0.116 e. The molecule has 0 fully saturated rings. The van der Waals surface area contributed by atoms with E-state index in [0.717, 1.165) is 22.8 Å². The lowest BCUT2D eigenvalue weighted by Gasteiger charge is -1.98. The molecule has 72 valence electrons. The van der Waals surface area contributed by atoms with Crippen molar-refractivity contribution in [2.75, 3.05) is 0 Å². The second-order valence-electron chi connectivity index (χ2n) is 3.35. The van der Waals surface area contributed by atoms with Crippen molar-refractivity contribution in [2.24, 2.45) is 0 Å². The lowest BCUT2D eigenvalue weighted by atomic mass is 10.1. The van der Waals surface area contributed by atoms with Crippen molar-refractivity contribution < 1.29 is 5.11 Å². The summed E-state index contributed by atoms with van der Waals surface area (Å²) in [5.74, 6) is 1.16. The van der Waals surface area contributed by atoms with Crippen LogP contribution in [0.1, 0.15) is 11.5 Å². The van der Waals surface area contributed by atoms with Crippen LogP contribution in [0.15, 0.2) is 24.3 Å². The Hall–Kier alpha value is -1.77. The van der Waals surface area contributed by atoms with E-state index in [1.165, 1.54) is 0 Å². The summed E-state index contributed by atoms with van der Waals surface area (Å²) in [5, 5.41) is 9.33. The van der Waals surface area contributed by atoms with Crippen molar-refractivity contribution in [1.82, 2.24) is 9.97 Å². The van der Waals surface area contributed by atoms with Gasteiger partial charge in [0, 0.05) is 11.3 Å². The molecule has 2 aromatic rings. The highest BCUT2D eigenvalue weighted by Crippen LogP contribution is 2.23. The van der Waals surface area contributed by atoms with Crippen LogP contribution in [-0.4, -0.2) is 15.1 Å². The number of phenolic OH excluding ortho intramolecular Hbond substituents is 1. The van der Waals surface area contributed by atoms with E-state index in [2.05, 4.69) is 9.97 Å². The molecule has 14 heavy (non-hydrogen) atoms. The highest BCUT2D eigenvalue weighted by molar-refractivity contribution is 5.63. The fourth-order valence-electron chi connectivity index (χ4n) is 1.54. The minimum Gasteiger partial charge on any atom is -0.508 e. The molecule has 0 radical (unpaired) electrons. The highest BCUT2D eigenvalue weighted by atomic mass is 16.3. The Bertz CT molecular complexity index is 460. The Labute approximate surface area is 82.4 Å². The maximum absolute atomic E-state index is 9.33. The van der Waals surface area contributed by atoms with Crippen LogP contribution in [0.4, 0.5) is 0 Å². The maximum atomic E-state index is 9.33. The van der Waals surface area contributed by atoms with E-state index < -0.39 is 0 Å². The van der Waals surface area contributed by atoms with Crippen molar-refractivity contribution in [1.29, 1.82) is 0 Å². The Balaban J connectivity index is 2.54. The van der Waals surface area contributed by atoms with Crippen LogP contribution in [0, 0.1) is 13.8 Å². The molecule has 0 atom stereocenters. The van der Waals surface area contributed by atoms with Gasteiger partial charge in [0.15, 0.2) is 0 Å². The largest absolute Gasteiger partial charge is 0.508 e. The number of aryl methyl sites for hydroxylation is 2. The van der Waals surface area contributed by atoms with Crippen molar-refractivity contribution in [3.63, 3.8) is 0 Å².